The number of hydrogen-bond donors (Lipinski definition) is 0. The van der Waals surface area contributed by atoms with Crippen LogP contribution in [0.4, 0.5) is 5.69 Å². The van der Waals surface area contributed by atoms with Crippen LogP contribution in [0, 0.1) is 5.92 Å². The Bertz CT molecular complexity index is 635. The molecule has 0 spiro atoms. The molecule has 0 aromatic heterocycles. The van der Waals surface area contributed by atoms with Gasteiger partial charge in [-0.3, -0.25) is 9.80 Å². The summed E-state index contributed by atoms with van der Waals surface area (Å²) in [5, 5.41) is 6.42. The summed E-state index contributed by atoms with van der Waals surface area (Å²) in [7, 11) is 0. The van der Waals surface area contributed by atoms with E-state index in [1.807, 2.05) is 72.6 Å². The van der Waals surface area contributed by atoms with Crippen molar-refractivity contribution in [2.24, 2.45) is 11.0 Å². The molecule has 0 bridgehead atoms. The van der Waals surface area contributed by atoms with Gasteiger partial charge < -0.3 is 0 Å². The lowest BCUT2D eigenvalue weighted by Crippen LogP contribution is -2.26. The van der Waals surface area contributed by atoms with Crippen molar-refractivity contribution in [1.82, 2.24) is 0 Å². The Morgan fingerprint density at radius 1 is 1.05 bits per heavy atom. The predicted octanol–water partition coefficient (Wildman–Crippen LogP) is 3.38. The second-order valence-electron chi connectivity index (χ2n) is 4.94. The van der Waals surface area contributed by atoms with Crippen LogP contribution in [0.15, 0.2) is 65.8 Å². The van der Waals surface area contributed by atoms with Crippen LogP contribution in [-0.2, 0) is 0 Å². The Kier molecular flexibility index (Phi) is 3.33. The minimum Gasteiger partial charge on any atom is -0.293 e. The Morgan fingerprint density at radius 2 is 1.65 bits per heavy atom. The molecule has 1 aliphatic rings. The standard InChI is InChI=1S/C17H16N2O/c1-13-16(17(20)14-8-4-2-5-9-14)12-19(18-13)15-10-6-3-7-11-15/h2-11,16H,12H2,1H3. The summed E-state index contributed by atoms with van der Waals surface area (Å²) in [6.07, 6.45) is 0. The van der Waals surface area contributed by atoms with E-state index in [9.17, 15) is 4.79 Å². The zero-order valence-corrected chi connectivity index (χ0v) is 11.4. The van der Waals surface area contributed by atoms with E-state index in [-0.39, 0.29) is 11.7 Å². The normalized spacial score (nSPS) is 17.9. The molecule has 0 saturated carbocycles. The van der Waals surface area contributed by atoms with Gasteiger partial charge >= 0.3 is 0 Å². The molecular formula is C17H16N2O. The van der Waals surface area contributed by atoms with Gasteiger partial charge in [-0.15, -0.1) is 0 Å². The number of carbonyl (C=O) groups is 1. The minimum atomic E-state index is -0.155. The molecule has 2 aromatic rings. The monoisotopic (exact) mass is 264 g/mol. The third kappa shape index (κ3) is 2.35. The van der Waals surface area contributed by atoms with Gasteiger partial charge in [0.2, 0.25) is 0 Å². The molecule has 3 nitrogen and oxygen atoms in total. The van der Waals surface area contributed by atoms with Crippen LogP contribution in [0.1, 0.15) is 17.3 Å². The molecule has 0 aliphatic carbocycles. The molecule has 3 rings (SSSR count). The van der Waals surface area contributed by atoms with Gasteiger partial charge in [-0.05, 0) is 19.1 Å². The summed E-state index contributed by atoms with van der Waals surface area (Å²) < 4.78 is 0. The first-order valence-corrected chi connectivity index (χ1v) is 6.72. The highest BCUT2D eigenvalue weighted by atomic mass is 16.1. The average molecular weight is 264 g/mol. The van der Waals surface area contributed by atoms with Gasteiger partial charge in [0.05, 0.1) is 18.2 Å². The van der Waals surface area contributed by atoms with E-state index in [0.29, 0.717) is 6.54 Å². The van der Waals surface area contributed by atoms with E-state index in [1.54, 1.807) is 0 Å². The van der Waals surface area contributed by atoms with Crippen molar-refractivity contribution in [2.45, 2.75) is 6.92 Å². The summed E-state index contributed by atoms with van der Waals surface area (Å²) in [6, 6.07) is 19.4. The highest BCUT2D eigenvalue weighted by Gasteiger charge is 2.30. The van der Waals surface area contributed by atoms with Gasteiger partial charge in [0.1, 0.15) is 0 Å². The number of anilines is 1. The number of para-hydroxylation sites is 1. The van der Waals surface area contributed by atoms with Crippen LogP contribution in [0.5, 0.6) is 0 Å². The summed E-state index contributed by atoms with van der Waals surface area (Å²) in [6.45, 7) is 2.54. The highest BCUT2D eigenvalue weighted by Crippen LogP contribution is 2.24. The zero-order chi connectivity index (χ0) is 13.9. The number of benzene rings is 2. The highest BCUT2D eigenvalue weighted by molar-refractivity contribution is 6.13. The van der Waals surface area contributed by atoms with Crippen molar-refractivity contribution in [3.05, 3.63) is 66.2 Å². The van der Waals surface area contributed by atoms with Crippen LogP contribution in [0.2, 0.25) is 0 Å². The SMILES string of the molecule is CC1=NN(c2ccccc2)CC1C(=O)c1ccccc1. The lowest BCUT2D eigenvalue weighted by molar-refractivity contribution is 0.0960. The molecule has 0 radical (unpaired) electrons. The van der Waals surface area contributed by atoms with Crippen LogP contribution in [-0.4, -0.2) is 18.0 Å². The number of carbonyl (C=O) groups excluding carboxylic acids is 1. The number of rotatable bonds is 3. The first-order chi connectivity index (χ1) is 9.75. The molecule has 1 aliphatic heterocycles. The third-order valence-electron chi connectivity index (χ3n) is 3.57. The lowest BCUT2D eigenvalue weighted by Gasteiger charge is -2.15. The summed E-state index contributed by atoms with van der Waals surface area (Å²) in [4.78, 5) is 12.5. The number of hydrogen-bond acceptors (Lipinski definition) is 3. The quantitative estimate of drug-likeness (QED) is 0.796. The Balaban J connectivity index is 1.81. The van der Waals surface area contributed by atoms with E-state index in [2.05, 4.69) is 5.10 Å². The molecule has 3 heteroatoms. The van der Waals surface area contributed by atoms with Gasteiger partial charge in [-0.25, -0.2) is 0 Å². The number of Topliss-reactive ketones (excluding diaryl/α,β-unsaturated/α-hetero) is 1. The second kappa shape index (κ2) is 5.29. The van der Waals surface area contributed by atoms with Crippen molar-refractivity contribution in [3.63, 3.8) is 0 Å². The molecule has 20 heavy (non-hydrogen) atoms. The molecular weight excluding hydrogens is 248 g/mol. The van der Waals surface area contributed by atoms with Crippen LogP contribution in [0.3, 0.4) is 0 Å². The first-order valence-electron chi connectivity index (χ1n) is 6.72. The maximum absolute atomic E-state index is 12.5. The zero-order valence-electron chi connectivity index (χ0n) is 11.4. The van der Waals surface area contributed by atoms with Gasteiger partial charge in [0.15, 0.2) is 5.78 Å². The van der Waals surface area contributed by atoms with Gasteiger partial charge in [0.25, 0.3) is 0 Å². The summed E-state index contributed by atoms with van der Waals surface area (Å²) in [5.74, 6) is -0.0112. The largest absolute Gasteiger partial charge is 0.293 e. The van der Waals surface area contributed by atoms with Crippen LogP contribution >= 0.6 is 0 Å². The number of ketones is 1. The van der Waals surface area contributed by atoms with Crippen LogP contribution < -0.4 is 5.01 Å². The number of nitrogens with zero attached hydrogens (tertiary/aromatic N) is 2. The van der Waals surface area contributed by atoms with Crippen molar-refractivity contribution < 1.29 is 4.79 Å². The molecule has 0 fully saturated rings. The smallest absolute Gasteiger partial charge is 0.173 e. The predicted molar refractivity (Wildman–Crippen MR) is 81.2 cm³/mol. The number of hydrazone groups is 1. The molecule has 100 valence electrons. The van der Waals surface area contributed by atoms with E-state index in [0.717, 1.165) is 17.0 Å². The fourth-order valence-corrected chi connectivity index (χ4v) is 2.45. The fourth-order valence-electron chi connectivity index (χ4n) is 2.45. The van der Waals surface area contributed by atoms with E-state index in [4.69, 9.17) is 0 Å². The molecule has 2 aromatic carbocycles. The second-order valence-corrected chi connectivity index (χ2v) is 4.94. The van der Waals surface area contributed by atoms with E-state index in [1.165, 1.54) is 0 Å². The van der Waals surface area contributed by atoms with Crippen molar-refractivity contribution >= 4 is 17.2 Å². The topological polar surface area (TPSA) is 32.7 Å². The Morgan fingerprint density at radius 3 is 2.30 bits per heavy atom. The van der Waals surface area contributed by atoms with E-state index >= 15 is 0 Å². The maximum Gasteiger partial charge on any atom is 0.173 e. The van der Waals surface area contributed by atoms with Crippen LogP contribution in [0.25, 0.3) is 0 Å². The summed E-state index contributed by atoms with van der Waals surface area (Å²) >= 11 is 0. The molecule has 0 amide bonds. The Hall–Kier alpha value is -2.42. The Labute approximate surface area is 118 Å². The molecule has 0 saturated heterocycles. The van der Waals surface area contributed by atoms with Crippen molar-refractivity contribution in [1.29, 1.82) is 0 Å². The molecule has 1 heterocycles. The fraction of sp³-hybridized carbons (Fsp3) is 0.176. The molecule has 1 unspecified atom stereocenters. The molecule has 0 N–H and O–H groups in total. The van der Waals surface area contributed by atoms with Gasteiger partial charge in [-0.2, -0.15) is 5.10 Å². The van der Waals surface area contributed by atoms with Crippen molar-refractivity contribution in [3.8, 4) is 0 Å². The van der Waals surface area contributed by atoms with Gasteiger partial charge in [-0.1, -0.05) is 48.5 Å². The van der Waals surface area contributed by atoms with Gasteiger partial charge in [0, 0.05) is 11.3 Å². The molecule has 1 atom stereocenters. The minimum absolute atomic E-state index is 0.144. The van der Waals surface area contributed by atoms with E-state index < -0.39 is 0 Å². The summed E-state index contributed by atoms with van der Waals surface area (Å²) in [5.41, 5.74) is 2.65. The maximum atomic E-state index is 12.5. The first kappa shape index (κ1) is 12.6. The third-order valence-corrected chi connectivity index (χ3v) is 3.57. The average Bonchev–Trinajstić information content (AvgIpc) is 2.90. The lowest BCUT2D eigenvalue weighted by atomic mass is 9.94. The van der Waals surface area contributed by atoms with Crippen molar-refractivity contribution in [2.75, 3.05) is 11.6 Å².